The Labute approximate surface area is 138 Å². The molecule has 0 saturated carbocycles. The van der Waals surface area contributed by atoms with Gasteiger partial charge in [0.1, 0.15) is 5.75 Å². The normalized spacial score (nSPS) is 10.9. The van der Waals surface area contributed by atoms with Gasteiger partial charge in [-0.2, -0.15) is 0 Å². The average Bonchev–Trinajstić information content (AvgIpc) is 2.97. The highest BCUT2D eigenvalue weighted by Crippen LogP contribution is 2.33. The van der Waals surface area contributed by atoms with Gasteiger partial charge < -0.3 is 14.8 Å². The van der Waals surface area contributed by atoms with E-state index in [-0.39, 0.29) is 6.61 Å². The molecular weight excluding hydrogens is 314 g/mol. The molecule has 0 fully saturated rings. The van der Waals surface area contributed by atoms with Crippen LogP contribution < -0.4 is 4.74 Å². The number of fused-ring (bicyclic) bond motifs is 1. The molecule has 5 heteroatoms. The van der Waals surface area contributed by atoms with Crippen molar-refractivity contribution < 1.29 is 14.6 Å². The van der Waals surface area contributed by atoms with Crippen molar-refractivity contribution in [1.29, 1.82) is 0 Å². The van der Waals surface area contributed by atoms with Crippen molar-refractivity contribution in [2.45, 2.75) is 6.42 Å². The number of H-pyrrole nitrogens is 1. The third-order valence-corrected chi connectivity index (χ3v) is 3.98. The maximum atomic E-state index is 11.1. The Hall–Kier alpha value is -2.30. The van der Waals surface area contributed by atoms with Gasteiger partial charge in [0.15, 0.2) is 6.29 Å². The van der Waals surface area contributed by atoms with Crippen LogP contribution in [0.4, 0.5) is 0 Å². The third-order valence-electron chi connectivity index (χ3n) is 3.66. The van der Waals surface area contributed by atoms with E-state index in [0.29, 0.717) is 23.6 Å². The summed E-state index contributed by atoms with van der Waals surface area (Å²) in [5.41, 5.74) is 3.26. The number of carbonyl (C=O) groups excluding carboxylic acids is 1. The monoisotopic (exact) mass is 329 g/mol. The van der Waals surface area contributed by atoms with E-state index in [1.807, 2.05) is 36.4 Å². The van der Waals surface area contributed by atoms with Crippen molar-refractivity contribution in [3.63, 3.8) is 0 Å². The van der Waals surface area contributed by atoms with Gasteiger partial charge in [-0.25, -0.2) is 0 Å². The van der Waals surface area contributed by atoms with Crippen molar-refractivity contribution >= 4 is 28.8 Å². The number of aromatic amines is 1. The Morgan fingerprint density at radius 3 is 2.70 bits per heavy atom. The van der Waals surface area contributed by atoms with Crippen LogP contribution in [0, 0.1) is 0 Å². The number of rotatable bonds is 6. The molecule has 0 bridgehead atoms. The second kappa shape index (κ2) is 6.86. The Morgan fingerprint density at radius 1 is 1.22 bits per heavy atom. The molecule has 0 spiro atoms. The topological polar surface area (TPSA) is 62.3 Å². The Bertz CT molecular complexity index is 824. The third kappa shape index (κ3) is 3.23. The molecule has 0 aliphatic heterocycles. The predicted octanol–water partition coefficient (Wildman–Crippen LogP) is 4.06. The van der Waals surface area contributed by atoms with E-state index in [9.17, 15) is 4.79 Å². The molecule has 0 unspecified atom stereocenters. The number of hydrogen-bond donors (Lipinski definition) is 2. The highest BCUT2D eigenvalue weighted by atomic mass is 35.5. The van der Waals surface area contributed by atoms with Crippen LogP contribution in [0.5, 0.6) is 5.75 Å². The molecule has 1 heterocycles. The van der Waals surface area contributed by atoms with E-state index in [0.717, 1.165) is 34.1 Å². The van der Waals surface area contributed by atoms with E-state index in [1.54, 1.807) is 6.20 Å². The minimum Gasteiger partial charge on any atom is -0.494 e. The molecule has 2 aromatic carbocycles. The number of aliphatic hydroxyl groups is 1. The molecule has 23 heavy (non-hydrogen) atoms. The molecule has 0 aliphatic rings. The average molecular weight is 330 g/mol. The van der Waals surface area contributed by atoms with Crippen molar-refractivity contribution in [2.24, 2.45) is 0 Å². The molecule has 3 rings (SSSR count). The van der Waals surface area contributed by atoms with Crippen LogP contribution in [-0.4, -0.2) is 29.6 Å². The van der Waals surface area contributed by atoms with Gasteiger partial charge in [-0.3, -0.25) is 4.79 Å². The molecule has 1 aromatic heterocycles. The second-order valence-corrected chi connectivity index (χ2v) is 5.60. The van der Waals surface area contributed by atoms with E-state index in [1.165, 1.54) is 0 Å². The highest BCUT2D eigenvalue weighted by Gasteiger charge is 2.10. The summed E-state index contributed by atoms with van der Waals surface area (Å²) in [6, 6.07) is 11.3. The minimum absolute atomic E-state index is 0.115. The first kappa shape index (κ1) is 15.6. The summed E-state index contributed by atoms with van der Waals surface area (Å²) in [6.45, 7) is 0.595. The number of benzene rings is 2. The summed E-state index contributed by atoms with van der Waals surface area (Å²) in [7, 11) is 0. The zero-order chi connectivity index (χ0) is 16.2. The SMILES string of the molecule is O=Cc1c[nH]c2cc(Cl)c(-c3ccc(OCCCO)cc3)cc12. The van der Waals surface area contributed by atoms with Crippen molar-refractivity contribution in [2.75, 3.05) is 13.2 Å². The Morgan fingerprint density at radius 2 is 2.00 bits per heavy atom. The lowest BCUT2D eigenvalue weighted by Crippen LogP contribution is -1.99. The first-order valence-corrected chi connectivity index (χ1v) is 7.70. The minimum atomic E-state index is 0.115. The standard InChI is InChI=1S/C18H16ClNO3/c19-17-9-18-16(13(11-22)10-20-18)8-15(17)12-2-4-14(5-3-12)23-7-1-6-21/h2-5,8-11,20-21H,1,6-7H2. The van der Waals surface area contributed by atoms with Crippen LogP contribution >= 0.6 is 11.6 Å². The van der Waals surface area contributed by atoms with Crippen LogP contribution in [0.15, 0.2) is 42.6 Å². The predicted molar refractivity (Wildman–Crippen MR) is 91.3 cm³/mol. The molecule has 0 amide bonds. The fourth-order valence-corrected chi connectivity index (χ4v) is 2.74. The number of carbonyl (C=O) groups is 1. The van der Waals surface area contributed by atoms with Gasteiger partial charge in [-0.1, -0.05) is 23.7 Å². The van der Waals surface area contributed by atoms with Crippen molar-refractivity contribution in [3.8, 4) is 16.9 Å². The molecule has 0 radical (unpaired) electrons. The maximum Gasteiger partial charge on any atom is 0.152 e. The van der Waals surface area contributed by atoms with Gasteiger partial charge in [0.2, 0.25) is 0 Å². The molecule has 0 aliphatic carbocycles. The zero-order valence-corrected chi connectivity index (χ0v) is 13.1. The van der Waals surface area contributed by atoms with Gasteiger partial charge in [0.25, 0.3) is 0 Å². The zero-order valence-electron chi connectivity index (χ0n) is 12.4. The smallest absolute Gasteiger partial charge is 0.152 e. The fourth-order valence-electron chi connectivity index (χ4n) is 2.47. The molecular formula is C18H16ClNO3. The highest BCUT2D eigenvalue weighted by molar-refractivity contribution is 6.34. The lowest BCUT2D eigenvalue weighted by Gasteiger charge is -2.08. The van der Waals surface area contributed by atoms with E-state index < -0.39 is 0 Å². The number of aromatic nitrogens is 1. The van der Waals surface area contributed by atoms with Gasteiger partial charge in [-0.15, -0.1) is 0 Å². The lowest BCUT2D eigenvalue weighted by molar-refractivity contribution is 0.112. The first-order valence-electron chi connectivity index (χ1n) is 7.33. The quantitative estimate of drug-likeness (QED) is 0.529. The summed E-state index contributed by atoms with van der Waals surface area (Å²) in [5, 5.41) is 10.2. The molecule has 0 atom stereocenters. The molecule has 118 valence electrons. The molecule has 2 N–H and O–H groups in total. The van der Waals surface area contributed by atoms with E-state index in [4.69, 9.17) is 21.4 Å². The number of nitrogens with one attached hydrogen (secondary N) is 1. The summed E-state index contributed by atoms with van der Waals surface area (Å²) >= 11 is 6.37. The maximum absolute atomic E-state index is 11.1. The van der Waals surface area contributed by atoms with Crippen LogP contribution in [-0.2, 0) is 0 Å². The van der Waals surface area contributed by atoms with E-state index in [2.05, 4.69) is 4.98 Å². The number of aliphatic hydroxyl groups excluding tert-OH is 1. The largest absolute Gasteiger partial charge is 0.494 e. The van der Waals surface area contributed by atoms with Gasteiger partial charge in [-0.05, 0) is 29.8 Å². The van der Waals surface area contributed by atoms with Crippen LogP contribution in [0.1, 0.15) is 16.8 Å². The number of ether oxygens (including phenoxy) is 1. The van der Waals surface area contributed by atoms with Crippen molar-refractivity contribution in [1.82, 2.24) is 4.98 Å². The van der Waals surface area contributed by atoms with Gasteiger partial charge in [0.05, 0.1) is 11.6 Å². The summed E-state index contributed by atoms with van der Waals surface area (Å²) in [4.78, 5) is 14.1. The van der Waals surface area contributed by atoms with Crippen molar-refractivity contribution in [3.05, 3.63) is 53.2 Å². The number of halogens is 1. The van der Waals surface area contributed by atoms with Crippen LogP contribution in [0.25, 0.3) is 22.0 Å². The van der Waals surface area contributed by atoms with Gasteiger partial charge >= 0.3 is 0 Å². The summed E-state index contributed by atoms with van der Waals surface area (Å²) in [6.07, 6.45) is 3.11. The first-order chi connectivity index (χ1) is 11.2. The number of aldehydes is 1. The second-order valence-electron chi connectivity index (χ2n) is 5.19. The molecule has 4 nitrogen and oxygen atoms in total. The van der Waals surface area contributed by atoms with Gasteiger partial charge in [0, 0.05) is 41.3 Å². The Balaban J connectivity index is 1.92. The lowest BCUT2D eigenvalue weighted by atomic mass is 10.0. The van der Waals surface area contributed by atoms with E-state index >= 15 is 0 Å². The molecule has 3 aromatic rings. The molecule has 0 saturated heterocycles. The van der Waals surface area contributed by atoms with Crippen LogP contribution in [0.3, 0.4) is 0 Å². The summed E-state index contributed by atoms with van der Waals surface area (Å²) in [5.74, 6) is 0.745. The Kier molecular flexibility index (Phi) is 4.65. The number of hydrogen-bond acceptors (Lipinski definition) is 3. The van der Waals surface area contributed by atoms with Crippen LogP contribution in [0.2, 0.25) is 5.02 Å². The fraction of sp³-hybridized carbons (Fsp3) is 0.167. The summed E-state index contributed by atoms with van der Waals surface area (Å²) < 4.78 is 5.52.